The molecule has 0 spiro atoms. The summed E-state index contributed by atoms with van der Waals surface area (Å²) in [5.74, 6) is -0.108. The maximum atomic E-state index is 13.2. The number of hydrogen-bond acceptors (Lipinski definition) is 6. The molecule has 0 atom stereocenters. The highest BCUT2D eigenvalue weighted by molar-refractivity contribution is 7.99. The van der Waals surface area contributed by atoms with Gasteiger partial charge in [0.15, 0.2) is 0 Å². The van der Waals surface area contributed by atoms with Gasteiger partial charge in [-0.25, -0.2) is 18.1 Å². The first-order valence-electron chi connectivity index (χ1n) is 9.61. The summed E-state index contributed by atoms with van der Waals surface area (Å²) in [6.07, 6.45) is 1.79. The van der Waals surface area contributed by atoms with E-state index >= 15 is 0 Å². The van der Waals surface area contributed by atoms with Gasteiger partial charge in [-0.1, -0.05) is 72.3 Å². The lowest BCUT2D eigenvalue weighted by molar-refractivity contribution is 0.598. The van der Waals surface area contributed by atoms with Gasteiger partial charge in [0.25, 0.3) is 16.0 Å². The lowest BCUT2D eigenvalue weighted by Crippen LogP contribution is -2.17. The van der Waals surface area contributed by atoms with Gasteiger partial charge < -0.3 is 0 Å². The summed E-state index contributed by atoms with van der Waals surface area (Å²) >= 11 is 7.47. The molecular weight excluding hydrogens is 464 g/mol. The highest BCUT2D eigenvalue weighted by atomic mass is 35.5. The van der Waals surface area contributed by atoms with Gasteiger partial charge in [0.1, 0.15) is 16.3 Å². The van der Waals surface area contributed by atoms with E-state index in [0.717, 1.165) is 11.1 Å². The molecule has 1 heterocycles. The Morgan fingerprint density at radius 2 is 1.47 bits per heavy atom. The SMILES string of the molecule is CSc1cc(Cl)c(C)cc1S(=O)(=O)Nc1nnc(-c2ccccc2)c(-c2ccccc2)n1. The Balaban J connectivity index is 1.80. The number of thioether (sulfide) groups is 1. The van der Waals surface area contributed by atoms with Crippen molar-refractivity contribution in [1.82, 2.24) is 15.2 Å². The minimum absolute atomic E-state index is 0.108. The van der Waals surface area contributed by atoms with Gasteiger partial charge in [0.2, 0.25) is 0 Å². The molecule has 6 nitrogen and oxygen atoms in total. The van der Waals surface area contributed by atoms with Crippen LogP contribution in [0.2, 0.25) is 5.02 Å². The second kappa shape index (κ2) is 9.28. The average Bonchev–Trinajstić information content (AvgIpc) is 2.81. The Kier molecular flexibility index (Phi) is 6.45. The van der Waals surface area contributed by atoms with E-state index < -0.39 is 10.0 Å². The largest absolute Gasteiger partial charge is 0.265 e. The standard InChI is InChI=1S/C23H19ClN4O2S2/c1-15-13-20(19(31-2)14-18(15)24)32(29,30)28-23-25-21(16-9-5-3-6-10-16)22(26-27-23)17-11-7-4-8-12-17/h3-14H,1-2H3,(H,25,27,28). The summed E-state index contributed by atoms with van der Waals surface area (Å²) in [4.78, 5) is 5.18. The molecule has 0 bridgehead atoms. The van der Waals surface area contributed by atoms with Gasteiger partial charge in [-0.3, -0.25) is 0 Å². The van der Waals surface area contributed by atoms with Crippen molar-refractivity contribution < 1.29 is 8.42 Å². The van der Waals surface area contributed by atoms with Crippen LogP contribution < -0.4 is 4.72 Å². The van der Waals surface area contributed by atoms with E-state index in [2.05, 4.69) is 19.9 Å². The molecule has 1 aromatic heterocycles. The number of halogens is 1. The predicted molar refractivity (Wildman–Crippen MR) is 129 cm³/mol. The second-order valence-electron chi connectivity index (χ2n) is 6.92. The lowest BCUT2D eigenvalue weighted by atomic mass is 10.0. The Labute approximate surface area is 196 Å². The lowest BCUT2D eigenvalue weighted by Gasteiger charge is -2.13. The number of nitrogens with zero attached hydrogens (tertiary/aromatic N) is 3. The predicted octanol–water partition coefficient (Wildman–Crippen LogP) is 5.69. The van der Waals surface area contributed by atoms with Crippen LogP contribution in [0.5, 0.6) is 0 Å². The van der Waals surface area contributed by atoms with E-state index in [9.17, 15) is 8.42 Å². The zero-order valence-corrected chi connectivity index (χ0v) is 19.7. The summed E-state index contributed by atoms with van der Waals surface area (Å²) in [5, 5.41) is 8.88. The number of hydrogen-bond donors (Lipinski definition) is 1. The maximum absolute atomic E-state index is 13.2. The van der Waals surface area contributed by atoms with Gasteiger partial charge in [-0.05, 0) is 30.9 Å². The Bertz CT molecular complexity index is 1370. The summed E-state index contributed by atoms with van der Waals surface area (Å²) in [6, 6.07) is 22.2. The van der Waals surface area contributed by atoms with Crippen LogP contribution in [0.3, 0.4) is 0 Å². The molecule has 0 aliphatic carbocycles. The molecule has 0 unspecified atom stereocenters. The van der Waals surface area contributed by atoms with Crippen LogP contribution >= 0.6 is 23.4 Å². The summed E-state index contributed by atoms with van der Waals surface area (Å²) in [7, 11) is -3.97. The minimum Gasteiger partial charge on any atom is -0.246 e. The van der Waals surface area contributed by atoms with Gasteiger partial charge >= 0.3 is 0 Å². The summed E-state index contributed by atoms with van der Waals surface area (Å²) < 4.78 is 28.8. The molecule has 0 amide bonds. The van der Waals surface area contributed by atoms with Crippen molar-refractivity contribution >= 4 is 39.3 Å². The fourth-order valence-corrected chi connectivity index (χ4v) is 5.53. The third kappa shape index (κ3) is 4.62. The van der Waals surface area contributed by atoms with Crippen molar-refractivity contribution in [1.29, 1.82) is 0 Å². The zero-order chi connectivity index (χ0) is 22.7. The number of aryl methyl sites for hydroxylation is 1. The smallest absolute Gasteiger partial charge is 0.246 e. The third-order valence-electron chi connectivity index (χ3n) is 4.74. The fraction of sp³-hybridized carbons (Fsp3) is 0.0870. The monoisotopic (exact) mass is 482 g/mol. The van der Waals surface area contributed by atoms with Crippen LogP contribution in [0.1, 0.15) is 5.56 Å². The van der Waals surface area contributed by atoms with Crippen molar-refractivity contribution in [3.8, 4) is 22.5 Å². The maximum Gasteiger partial charge on any atom is 0.265 e. The van der Waals surface area contributed by atoms with Crippen LogP contribution in [-0.4, -0.2) is 29.9 Å². The van der Waals surface area contributed by atoms with Gasteiger partial charge in [0, 0.05) is 21.0 Å². The number of aromatic nitrogens is 3. The summed E-state index contributed by atoms with van der Waals surface area (Å²) in [6.45, 7) is 1.76. The third-order valence-corrected chi connectivity index (χ3v) is 7.42. The van der Waals surface area contributed by atoms with Crippen LogP contribution in [0.25, 0.3) is 22.5 Å². The van der Waals surface area contributed by atoms with Gasteiger partial charge in [0.05, 0.1) is 0 Å². The molecule has 0 aliphatic rings. The van der Waals surface area contributed by atoms with Crippen LogP contribution in [0.15, 0.2) is 82.6 Å². The number of nitrogens with one attached hydrogen (secondary N) is 1. The van der Waals surface area contributed by atoms with Crippen molar-refractivity contribution in [3.05, 3.63) is 83.4 Å². The quantitative estimate of drug-likeness (QED) is 0.355. The molecule has 32 heavy (non-hydrogen) atoms. The Morgan fingerprint density at radius 3 is 2.06 bits per heavy atom. The zero-order valence-electron chi connectivity index (χ0n) is 17.3. The number of rotatable bonds is 6. The molecule has 3 aromatic carbocycles. The molecule has 0 saturated heterocycles. The van der Waals surface area contributed by atoms with E-state index in [1.807, 2.05) is 60.7 Å². The number of benzene rings is 3. The van der Waals surface area contributed by atoms with Crippen molar-refractivity contribution in [2.24, 2.45) is 0 Å². The van der Waals surface area contributed by atoms with E-state index in [1.165, 1.54) is 11.8 Å². The second-order valence-corrected chi connectivity index (χ2v) is 9.83. The van der Waals surface area contributed by atoms with Crippen molar-refractivity contribution in [3.63, 3.8) is 0 Å². The highest BCUT2D eigenvalue weighted by Crippen LogP contribution is 2.32. The fourth-order valence-electron chi connectivity index (χ4n) is 3.14. The molecule has 0 fully saturated rings. The molecule has 0 aliphatic heterocycles. The highest BCUT2D eigenvalue weighted by Gasteiger charge is 2.23. The topological polar surface area (TPSA) is 84.8 Å². The van der Waals surface area contributed by atoms with Gasteiger partial charge in [-0.15, -0.1) is 22.0 Å². The van der Waals surface area contributed by atoms with E-state index in [0.29, 0.717) is 26.9 Å². The Hall–Kier alpha value is -2.94. The molecule has 0 saturated carbocycles. The van der Waals surface area contributed by atoms with Crippen molar-refractivity contribution in [2.45, 2.75) is 16.7 Å². The first-order chi connectivity index (χ1) is 15.4. The summed E-state index contributed by atoms with van der Waals surface area (Å²) in [5.41, 5.74) is 3.38. The van der Waals surface area contributed by atoms with Crippen LogP contribution in [0.4, 0.5) is 5.95 Å². The Morgan fingerprint density at radius 1 is 0.875 bits per heavy atom. The number of anilines is 1. The molecule has 4 aromatic rings. The normalized spacial score (nSPS) is 11.3. The van der Waals surface area contributed by atoms with Crippen molar-refractivity contribution in [2.75, 3.05) is 11.0 Å². The van der Waals surface area contributed by atoms with E-state index in [4.69, 9.17) is 11.6 Å². The molecule has 0 radical (unpaired) electrons. The first kappa shape index (κ1) is 22.3. The first-order valence-corrected chi connectivity index (χ1v) is 12.7. The van der Waals surface area contributed by atoms with E-state index in [1.54, 1.807) is 25.3 Å². The molecule has 162 valence electrons. The van der Waals surface area contributed by atoms with Gasteiger partial charge in [-0.2, -0.15) is 0 Å². The van der Waals surface area contributed by atoms with Crippen LogP contribution in [0, 0.1) is 6.92 Å². The molecule has 4 rings (SSSR count). The molecule has 1 N–H and O–H groups in total. The minimum atomic E-state index is -3.97. The van der Waals surface area contributed by atoms with E-state index in [-0.39, 0.29) is 10.8 Å². The van der Waals surface area contributed by atoms with Crippen LogP contribution in [-0.2, 0) is 10.0 Å². The molecular formula is C23H19ClN4O2S2. The average molecular weight is 483 g/mol. The molecule has 9 heteroatoms. The number of sulfonamides is 1.